The van der Waals surface area contributed by atoms with Crippen LogP contribution in [0.2, 0.25) is 0 Å². The minimum absolute atomic E-state index is 0.0389. The molecule has 1 saturated carbocycles. The summed E-state index contributed by atoms with van der Waals surface area (Å²) >= 11 is 0. The van der Waals surface area contributed by atoms with E-state index >= 15 is 0 Å². The van der Waals surface area contributed by atoms with Gasteiger partial charge >= 0.3 is 0 Å². The normalized spacial score (nSPS) is 23.4. The van der Waals surface area contributed by atoms with Crippen LogP contribution in [-0.2, 0) is 46.4 Å². The van der Waals surface area contributed by atoms with Gasteiger partial charge in [-0.3, -0.25) is 38.6 Å². The van der Waals surface area contributed by atoms with Gasteiger partial charge in [0.2, 0.25) is 35.4 Å². The molecular formula is C49H68N10O7. The Bertz CT molecular complexity index is 2180. The Morgan fingerprint density at radius 1 is 0.833 bits per heavy atom. The Hall–Kier alpha value is -6.26. The van der Waals surface area contributed by atoms with Crippen molar-refractivity contribution in [2.75, 3.05) is 19.6 Å². The maximum absolute atomic E-state index is 14.7. The first-order chi connectivity index (χ1) is 31.9. The number of fused-ring (bicyclic) bond motifs is 2. The second-order valence-electron chi connectivity index (χ2n) is 18.2. The van der Waals surface area contributed by atoms with Gasteiger partial charge in [0.15, 0.2) is 11.7 Å². The van der Waals surface area contributed by atoms with Crippen molar-refractivity contribution < 1.29 is 33.6 Å². The van der Waals surface area contributed by atoms with E-state index < -0.39 is 65.7 Å². The van der Waals surface area contributed by atoms with Crippen molar-refractivity contribution in [1.29, 1.82) is 0 Å². The van der Waals surface area contributed by atoms with Crippen LogP contribution in [-0.4, -0.2) is 107 Å². The van der Waals surface area contributed by atoms with E-state index in [1.807, 2.05) is 60.8 Å². The average Bonchev–Trinajstić information content (AvgIpc) is 3.96. The lowest BCUT2D eigenvalue weighted by molar-refractivity contribution is -0.142. The minimum Gasteiger partial charge on any atom is -0.370 e. The van der Waals surface area contributed by atoms with E-state index in [1.165, 1.54) is 11.8 Å². The van der Waals surface area contributed by atoms with Crippen LogP contribution >= 0.6 is 0 Å². The summed E-state index contributed by atoms with van der Waals surface area (Å²) in [7, 11) is 0. The molecule has 66 heavy (non-hydrogen) atoms. The van der Waals surface area contributed by atoms with E-state index in [2.05, 4.69) is 36.6 Å². The first-order valence-corrected chi connectivity index (χ1v) is 23.8. The molecule has 3 aliphatic rings. The van der Waals surface area contributed by atoms with Crippen LogP contribution in [0, 0.1) is 11.8 Å². The third-order valence-electron chi connectivity index (χ3n) is 13.2. The van der Waals surface area contributed by atoms with Gasteiger partial charge in [0.25, 0.3) is 0 Å². The van der Waals surface area contributed by atoms with Gasteiger partial charge in [-0.2, -0.15) is 0 Å². The standard InChI is InChI=1S/C49H68N10O7/c1-31(60)55-40(26-32-14-4-2-5-15-32)45(63)56-38-21-12-24-52-44(62)34(18-10-11-23-53-49(50)51)29-43(61)39(28-35-30-54-37-20-9-8-19-36(35)37)57-46(64)41(27-33-16-6-3-7-17-33)58-47(65)42-22-13-25-59(42)48(38)66/h2,4-5,8-9,14-15,19-20,30,33-34,38-42,54H,3,6-7,10-13,16-18,21-29H2,1H3,(H,52,62)(H,55,60)(H,56,63)(H,57,64)(H,58,65)(H4,50,51,53)/t34-,38+,39+,40+,41-,42+/m1/s1. The van der Waals surface area contributed by atoms with Crippen molar-refractivity contribution >= 4 is 58.1 Å². The molecule has 2 saturated heterocycles. The number of hydrogen-bond donors (Lipinski definition) is 8. The fourth-order valence-electron chi connectivity index (χ4n) is 9.71. The SMILES string of the molecule is CC(=O)N[C@@H](Cc1ccccc1)C(=O)N[C@H]1CCCNC(=O)[C@H](CCCCN=C(N)N)CC(=O)[C@H](Cc2c[nH]c3ccccc23)NC(=O)[C@@H](CC2CCCCC2)NC(=O)[C@@H]2CCCN2C1=O. The number of aliphatic imine (C=N–C) groups is 1. The van der Waals surface area contributed by atoms with Gasteiger partial charge in [-0.25, -0.2) is 0 Å². The Labute approximate surface area is 386 Å². The highest BCUT2D eigenvalue weighted by molar-refractivity contribution is 5.98. The molecule has 6 atom stereocenters. The molecule has 3 aromatic rings. The number of hydrogen-bond acceptors (Lipinski definition) is 8. The lowest BCUT2D eigenvalue weighted by atomic mass is 9.84. The number of nitrogens with zero attached hydrogens (tertiary/aromatic N) is 2. The number of rotatable bonds is 14. The molecule has 0 spiro atoms. The summed E-state index contributed by atoms with van der Waals surface area (Å²) < 4.78 is 0. The second kappa shape index (κ2) is 24.3. The van der Waals surface area contributed by atoms with Crippen molar-refractivity contribution in [1.82, 2.24) is 36.5 Å². The number of benzene rings is 2. The third-order valence-corrected chi connectivity index (χ3v) is 13.2. The smallest absolute Gasteiger partial charge is 0.245 e. The summed E-state index contributed by atoms with van der Waals surface area (Å²) in [6, 6.07) is 11.9. The highest BCUT2D eigenvalue weighted by atomic mass is 16.2. The van der Waals surface area contributed by atoms with Crippen LogP contribution in [0.15, 0.2) is 65.8 Å². The van der Waals surface area contributed by atoms with Crippen molar-refractivity contribution in [3.05, 3.63) is 71.9 Å². The van der Waals surface area contributed by atoms with E-state index in [0.29, 0.717) is 45.1 Å². The predicted octanol–water partition coefficient (Wildman–Crippen LogP) is 2.80. The molecule has 0 radical (unpaired) electrons. The lowest BCUT2D eigenvalue weighted by Crippen LogP contribution is -2.59. The summed E-state index contributed by atoms with van der Waals surface area (Å²) in [5, 5.41) is 15.6. The number of amides is 6. The molecule has 356 valence electrons. The van der Waals surface area contributed by atoms with Gasteiger partial charge in [0, 0.05) is 68.8 Å². The van der Waals surface area contributed by atoms with Gasteiger partial charge in [-0.15, -0.1) is 0 Å². The molecule has 1 aliphatic carbocycles. The molecule has 10 N–H and O–H groups in total. The van der Waals surface area contributed by atoms with Crippen LogP contribution in [0.3, 0.4) is 0 Å². The van der Waals surface area contributed by atoms with E-state index in [4.69, 9.17) is 11.5 Å². The first kappa shape index (κ1) is 49.2. The zero-order valence-electron chi connectivity index (χ0n) is 38.2. The van der Waals surface area contributed by atoms with Crippen molar-refractivity contribution in [2.24, 2.45) is 28.3 Å². The fraction of sp³-hybridized carbons (Fsp3) is 0.551. The predicted molar refractivity (Wildman–Crippen MR) is 251 cm³/mol. The van der Waals surface area contributed by atoms with Gasteiger partial charge in [0.1, 0.15) is 24.2 Å². The number of nitrogens with one attached hydrogen (secondary N) is 6. The molecule has 3 fully saturated rings. The molecular weight excluding hydrogens is 841 g/mol. The molecule has 6 amide bonds. The van der Waals surface area contributed by atoms with Gasteiger partial charge in [-0.1, -0.05) is 87.1 Å². The van der Waals surface area contributed by atoms with Crippen molar-refractivity contribution in [3.8, 4) is 0 Å². The molecule has 1 aromatic heterocycles. The number of carbonyl (C=O) groups excluding carboxylic acids is 7. The molecule has 17 nitrogen and oxygen atoms in total. The summed E-state index contributed by atoms with van der Waals surface area (Å²) in [4.78, 5) is 108. The van der Waals surface area contributed by atoms with Gasteiger partial charge in [0.05, 0.1) is 6.04 Å². The number of aromatic amines is 1. The number of Topliss-reactive ketones (excluding diaryl/α,β-unsaturated/α-hetero) is 1. The quantitative estimate of drug-likeness (QED) is 0.0671. The van der Waals surface area contributed by atoms with Crippen molar-refractivity contribution in [2.45, 2.75) is 140 Å². The first-order valence-electron chi connectivity index (χ1n) is 23.8. The largest absolute Gasteiger partial charge is 0.370 e. The molecule has 6 rings (SSSR count). The van der Waals surface area contributed by atoms with E-state index in [-0.39, 0.29) is 68.8 Å². The van der Waals surface area contributed by atoms with E-state index in [1.54, 1.807) is 0 Å². The molecule has 0 unspecified atom stereocenters. The summed E-state index contributed by atoms with van der Waals surface area (Å²) in [5.41, 5.74) is 13.6. The maximum Gasteiger partial charge on any atom is 0.245 e. The number of nitrogens with two attached hydrogens (primary N) is 2. The number of H-pyrrole nitrogens is 1. The Morgan fingerprint density at radius 2 is 1.58 bits per heavy atom. The Kier molecular flexibility index (Phi) is 18.1. The van der Waals surface area contributed by atoms with E-state index in [9.17, 15) is 33.6 Å². The average molecular weight is 909 g/mol. The van der Waals surface area contributed by atoms with Gasteiger partial charge in [-0.05, 0) is 68.1 Å². The molecule has 3 heterocycles. The highest BCUT2D eigenvalue weighted by Crippen LogP contribution is 2.29. The summed E-state index contributed by atoms with van der Waals surface area (Å²) in [6.45, 7) is 2.05. The van der Waals surface area contributed by atoms with Crippen LogP contribution in [0.5, 0.6) is 0 Å². The zero-order valence-corrected chi connectivity index (χ0v) is 38.2. The number of para-hydroxylation sites is 1. The molecule has 17 heteroatoms. The number of aromatic nitrogens is 1. The minimum atomic E-state index is -1.10. The zero-order chi connectivity index (χ0) is 47.0. The molecule has 2 aromatic carbocycles. The highest BCUT2D eigenvalue weighted by Gasteiger charge is 2.40. The maximum atomic E-state index is 14.7. The third kappa shape index (κ3) is 14.1. The number of guanidine groups is 1. The lowest BCUT2D eigenvalue weighted by Gasteiger charge is -2.32. The summed E-state index contributed by atoms with van der Waals surface area (Å²) in [6.07, 6.45) is 9.96. The van der Waals surface area contributed by atoms with Gasteiger partial charge < -0.3 is 47.9 Å². The van der Waals surface area contributed by atoms with E-state index in [0.717, 1.165) is 54.1 Å². The second-order valence-corrected chi connectivity index (χ2v) is 18.2. The summed E-state index contributed by atoms with van der Waals surface area (Å²) in [5.74, 6) is -3.75. The Morgan fingerprint density at radius 3 is 2.33 bits per heavy atom. The number of carbonyl (C=O) groups is 7. The number of ketones is 1. The molecule has 2 aliphatic heterocycles. The van der Waals surface area contributed by atoms with Crippen molar-refractivity contribution in [3.63, 3.8) is 0 Å². The van der Waals surface area contributed by atoms with Crippen LogP contribution < -0.4 is 38.1 Å². The number of unbranched alkanes of at least 4 members (excludes halogenated alkanes) is 1. The molecule has 0 bridgehead atoms. The Balaban J connectivity index is 1.31. The van der Waals surface area contributed by atoms with Crippen LogP contribution in [0.4, 0.5) is 0 Å². The topological polar surface area (TPSA) is 263 Å². The van der Waals surface area contributed by atoms with Crippen LogP contribution in [0.25, 0.3) is 10.9 Å². The monoisotopic (exact) mass is 909 g/mol. The fourth-order valence-corrected chi connectivity index (χ4v) is 9.71. The van der Waals surface area contributed by atoms with Crippen LogP contribution in [0.1, 0.15) is 108 Å².